The standard InChI is InChI=1S/C9H14FN3/c1-2-11-9-7-8(3-5-13-9)12-6-4-10/h3,5,7H,2,4,6H2,1H3,(H2,11,12,13). The van der Waals surface area contributed by atoms with E-state index in [0.717, 1.165) is 18.1 Å². The maximum atomic E-state index is 11.8. The van der Waals surface area contributed by atoms with E-state index in [-0.39, 0.29) is 6.67 Å². The van der Waals surface area contributed by atoms with E-state index >= 15 is 0 Å². The summed E-state index contributed by atoms with van der Waals surface area (Å²) in [4.78, 5) is 4.09. The summed E-state index contributed by atoms with van der Waals surface area (Å²) in [6, 6.07) is 3.68. The van der Waals surface area contributed by atoms with Gasteiger partial charge in [0.05, 0.1) is 0 Å². The third-order valence-electron chi connectivity index (χ3n) is 1.54. The number of alkyl halides is 1. The third kappa shape index (κ3) is 3.27. The van der Waals surface area contributed by atoms with Gasteiger partial charge in [0.15, 0.2) is 0 Å². The molecular weight excluding hydrogens is 169 g/mol. The van der Waals surface area contributed by atoms with E-state index < -0.39 is 0 Å². The molecule has 0 aromatic carbocycles. The molecule has 0 fully saturated rings. The van der Waals surface area contributed by atoms with Crippen LogP contribution in [-0.2, 0) is 0 Å². The predicted octanol–water partition coefficient (Wildman–Crippen LogP) is 1.89. The van der Waals surface area contributed by atoms with Crippen molar-refractivity contribution in [3.05, 3.63) is 18.3 Å². The highest BCUT2D eigenvalue weighted by Gasteiger charge is 1.94. The van der Waals surface area contributed by atoms with Gasteiger partial charge in [-0.25, -0.2) is 9.37 Å². The van der Waals surface area contributed by atoms with Crippen molar-refractivity contribution in [1.29, 1.82) is 0 Å². The van der Waals surface area contributed by atoms with Crippen LogP contribution in [0.15, 0.2) is 18.3 Å². The van der Waals surface area contributed by atoms with Crippen LogP contribution in [0.3, 0.4) is 0 Å². The zero-order chi connectivity index (χ0) is 9.52. The van der Waals surface area contributed by atoms with Crippen molar-refractivity contribution >= 4 is 11.5 Å². The fourth-order valence-corrected chi connectivity index (χ4v) is 1.01. The smallest absolute Gasteiger partial charge is 0.127 e. The average Bonchev–Trinajstić information content (AvgIpc) is 2.16. The fourth-order valence-electron chi connectivity index (χ4n) is 1.01. The van der Waals surface area contributed by atoms with Crippen molar-refractivity contribution in [1.82, 2.24) is 4.98 Å². The number of nitrogens with one attached hydrogen (secondary N) is 2. The van der Waals surface area contributed by atoms with Gasteiger partial charge in [-0.2, -0.15) is 0 Å². The number of halogens is 1. The second kappa shape index (κ2) is 5.35. The number of nitrogens with zero attached hydrogens (tertiary/aromatic N) is 1. The van der Waals surface area contributed by atoms with Gasteiger partial charge in [0.1, 0.15) is 12.5 Å². The normalized spacial score (nSPS) is 9.69. The van der Waals surface area contributed by atoms with Crippen molar-refractivity contribution in [3.8, 4) is 0 Å². The molecule has 1 aromatic heterocycles. The van der Waals surface area contributed by atoms with Crippen LogP contribution in [0, 0.1) is 0 Å². The highest BCUT2D eigenvalue weighted by Crippen LogP contribution is 2.10. The molecule has 3 nitrogen and oxygen atoms in total. The molecule has 0 spiro atoms. The van der Waals surface area contributed by atoms with E-state index in [1.54, 1.807) is 6.20 Å². The molecule has 2 N–H and O–H groups in total. The predicted molar refractivity (Wildman–Crippen MR) is 52.9 cm³/mol. The van der Waals surface area contributed by atoms with Crippen molar-refractivity contribution in [2.24, 2.45) is 0 Å². The van der Waals surface area contributed by atoms with Crippen LogP contribution >= 0.6 is 0 Å². The first-order valence-corrected chi connectivity index (χ1v) is 4.36. The molecule has 0 bridgehead atoms. The molecule has 0 saturated heterocycles. The Balaban J connectivity index is 2.56. The topological polar surface area (TPSA) is 37.0 Å². The SMILES string of the molecule is CCNc1cc(NCCF)ccn1. The summed E-state index contributed by atoms with van der Waals surface area (Å²) in [7, 11) is 0. The van der Waals surface area contributed by atoms with E-state index in [2.05, 4.69) is 15.6 Å². The van der Waals surface area contributed by atoms with Crippen LogP contribution in [-0.4, -0.2) is 24.7 Å². The summed E-state index contributed by atoms with van der Waals surface area (Å²) in [5.41, 5.74) is 0.892. The van der Waals surface area contributed by atoms with E-state index in [0.29, 0.717) is 6.54 Å². The molecule has 0 aliphatic heterocycles. The third-order valence-corrected chi connectivity index (χ3v) is 1.54. The molecule has 13 heavy (non-hydrogen) atoms. The van der Waals surface area contributed by atoms with Gasteiger partial charge < -0.3 is 10.6 Å². The Labute approximate surface area is 77.4 Å². The fraction of sp³-hybridized carbons (Fsp3) is 0.444. The lowest BCUT2D eigenvalue weighted by Crippen LogP contribution is -2.04. The summed E-state index contributed by atoms with van der Waals surface area (Å²) >= 11 is 0. The largest absolute Gasteiger partial charge is 0.382 e. The van der Waals surface area contributed by atoms with Crippen LogP contribution in [0.25, 0.3) is 0 Å². The first-order chi connectivity index (χ1) is 6.36. The van der Waals surface area contributed by atoms with Gasteiger partial charge in [-0.05, 0) is 13.0 Å². The first-order valence-electron chi connectivity index (χ1n) is 4.36. The molecule has 0 amide bonds. The number of anilines is 2. The summed E-state index contributed by atoms with van der Waals surface area (Å²) in [6.45, 7) is 2.82. The Morgan fingerprint density at radius 1 is 1.46 bits per heavy atom. The van der Waals surface area contributed by atoms with E-state index in [9.17, 15) is 4.39 Å². The zero-order valence-corrected chi connectivity index (χ0v) is 7.68. The minimum absolute atomic E-state index is 0.343. The molecule has 1 heterocycles. The Hall–Kier alpha value is -1.32. The van der Waals surface area contributed by atoms with E-state index in [4.69, 9.17) is 0 Å². The molecule has 0 unspecified atom stereocenters. The van der Waals surface area contributed by atoms with Crippen LogP contribution in [0.1, 0.15) is 6.92 Å². The van der Waals surface area contributed by atoms with Crippen molar-refractivity contribution in [2.45, 2.75) is 6.92 Å². The summed E-state index contributed by atoms with van der Waals surface area (Å²) in [5.74, 6) is 0.811. The van der Waals surface area contributed by atoms with Gasteiger partial charge in [0.25, 0.3) is 0 Å². The summed E-state index contributed by atoms with van der Waals surface area (Å²) in [6.07, 6.45) is 1.69. The first kappa shape index (κ1) is 9.77. The average molecular weight is 183 g/mol. The molecule has 0 radical (unpaired) electrons. The van der Waals surface area contributed by atoms with E-state index in [1.165, 1.54) is 0 Å². The molecule has 1 aromatic rings. The number of aromatic nitrogens is 1. The Kier molecular flexibility index (Phi) is 4.02. The number of hydrogen-bond acceptors (Lipinski definition) is 3. The van der Waals surface area contributed by atoms with Crippen molar-refractivity contribution in [2.75, 3.05) is 30.4 Å². The van der Waals surface area contributed by atoms with Gasteiger partial charge in [0, 0.05) is 31.0 Å². The van der Waals surface area contributed by atoms with Crippen LogP contribution in [0.5, 0.6) is 0 Å². The van der Waals surface area contributed by atoms with Crippen molar-refractivity contribution in [3.63, 3.8) is 0 Å². The second-order valence-corrected chi connectivity index (χ2v) is 2.58. The lowest BCUT2D eigenvalue weighted by Gasteiger charge is -2.06. The van der Waals surface area contributed by atoms with Gasteiger partial charge >= 0.3 is 0 Å². The number of pyridine rings is 1. The second-order valence-electron chi connectivity index (χ2n) is 2.58. The molecule has 0 aliphatic rings. The molecule has 72 valence electrons. The van der Waals surface area contributed by atoms with Crippen molar-refractivity contribution < 1.29 is 4.39 Å². The van der Waals surface area contributed by atoms with Gasteiger partial charge in [0.2, 0.25) is 0 Å². The summed E-state index contributed by atoms with van der Waals surface area (Å²) in [5, 5.41) is 6.02. The summed E-state index contributed by atoms with van der Waals surface area (Å²) < 4.78 is 11.8. The van der Waals surface area contributed by atoms with Crippen LogP contribution in [0.4, 0.5) is 15.9 Å². The van der Waals surface area contributed by atoms with Crippen LogP contribution in [0.2, 0.25) is 0 Å². The minimum atomic E-state index is -0.362. The highest BCUT2D eigenvalue weighted by molar-refractivity contribution is 5.51. The molecule has 1 rings (SSSR count). The monoisotopic (exact) mass is 183 g/mol. The Morgan fingerprint density at radius 2 is 2.31 bits per heavy atom. The van der Waals surface area contributed by atoms with Gasteiger partial charge in [-0.1, -0.05) is 0 Å². The molecule has 0 saturated carbocycles. The quantitative estimate of drug-likeness (QED) is 0.732. The Bertz CT molecular complexity index is 252. The number of rotatable bonds is 5. The van der Waals surface area contributed by atoms with Gasteiger partial charge in [-0.15, -0.1) is 0 Å². The number of hydrogen-bond donors (Lipinski definition) is 2. The molecule has 4 heteroatoms. The maximum Gasteiger partial charge on any atom is 0.127 e. The molecule has 0 atom stereocenters. The van der Waals surface area contributed by atoms with Crippen LogP contribution < -0.4 is 10.6 Å². The van der Waals surface area contributed by atoms with Gasteiger partial charge in [-0.3, -0.25) is 0 Å². The minimum Gasteiger partial charge on any atom is -0.382 e. The maximum absolute atomic E-state index is 11.8. The molecule has 0 aliphatic carbocycles. The lowest BCUT2D eigenvalue weighted by molar-refractivity contribution is 0.513. The molecular formula is C9H14FN3. The zero-order valence-electron chi connectivity index (χ0n) is 7.68. The lowest BCUT2D eigenvalue weighted by atomic mass is 10.4. The highest BCUT2D eigenvalue weighted by atomic mass is 19.1. The Morgan fingerprint density at radius 3 is 3.00 bits per heavy atom. The van der Waals surface area contributed by atoms with E-state index in [1.807, 2.05) is 19.1 Å².